The quantitative estimate of drug-likeness (QED) is 0.481. The van der Waals surface area contributed by atoms with E-state index in [4.69, 9.17) is 17.8 Å². The van der Waals surface area contributed by atoms with Crippen LogP contribution in [0.5, 0.6) is 0 Å². The molecule has 0 aliphatic carbocycles. The zero-order chi connectivity index (χ0) is 16.4. The van der Waals surface area contributed by atoms with Crippen LogP contribution >= 0.6 is 0 Å². The van der Waals surface area contributed by atoms with Gasteiger partial charge in [-0.15, -0.1) is 0 Å². The van der Waals surface area contributed by atoms with E-state index >= 15 is 0 Å². The Morgan fingerprint density at radius 2 is 1.77 bits per heavy atom. The van der Waals surface area contributed by atoms with Crippen LogP contribution in [0, 0.1) is 11.3 Å². The second-order valence-electron chi connectivity index (χ2n) is 6.42. The number of ether oxygens (including phenoxy) is 2. The SMILES string of the molecule is CC1(C2CS(=O)(=O)OC2C2(C)COC(=O)O2)COS(=O)(=O)C1. The lowest BCUT2D eigenvalue weighted by molar-refractivity contribution is -0.0600. The van der Waals surface area contributed by atoms with Gasteiger partial charge in [0.15, 0.2) is 5.60 Å². The summed E-state index contributed by atoms with van der Waals surface area (Å²) in [6.45, 7) is 2.83. The molecular weight excluding hydrogens is 340 g/mol. The van der Waals surface area contributed by atoms with E-state index in [1.54, 1.807) is 6.92 Å². The minimum atomic E-state index is -3.85. The molecule has 22 heavy (non-hydrogen) atoms. The molecule has 4 atom stereocenters. The predicted molar refractivity (Wildman–Crippen MR) is 70.8 cm³/mol. The van der Waals surface area contributed by atoms with Gasteiger partial charge in [-0.3, -0.25) is 8.37 Å². The number of carbonyl (C=O) groups is 1. The van der Waals surface area contributed by atoms with Crippen LogP contribution in [0.2, 0.25) is 0 Å². The molecule has 3 rings (SSSR count). The minimum absolute atomic E-state index is 0.139. The summed E-state index contributed by atoms with van der Waals surface area (Å²) in [5, 5.41) is 0. The van der Waals surface area contributed by atoms with Crippen LogP contribution in [-0.4, -0.2) is 59.4 Å². The monoisotopic (exact) mass is 356 g/mol. The predicted octanol–water partition coefficient (Wildman–Crippen LogP) is -0.377. The molecule has 0 bridgehead atoms. The highest BCUT2D eigenvalue weighted by atomic mass is 32.2. The van der Waals surface area contributed by atoms with Crippen molar-refractivity contribution in [3.05, 3.63) is 0 Å². The molecule has 0 aromatic heterocycles. The summed E-state index contributed by atoms with van der Waals surface area (Å²) in [4.78, 5) is 11.2. The molecule has 3 saturated heterocycles. The minimum Gasteiger partial charge on any atom is -0.430 e. The Kier molecular flexibility index (Phi) is 3.31. The van der Waals surface area contributed by atoms with E-state index in [-0.39, 0.29) is 24.7 Å². The molecule has 9 nitrogen and oxygen atoms in total. The number of rotatable bonds is 2. The van der Waals surface area contributed by atoms with Crippen molar-refractivity contribution in [1.29, 1.82) is 0 Å². The normalized spacial score (nSPS) is 46.4. The maximum atomic E-state index is 11.9. The van der Waals surface area contributed by atoms with Gasteiger partial charge in [-0.25, -0.2) is 4.79 Å². The fourth-order valence-electron chi connectivity index (χ4n) is 3.18. The van der Waals surface area contributed by atoms with Gasteiger partial charge in [0.1, 0.15) is 12.7 Å². The van der Waals surface area contributed by atoms with Gasteiger partial charge < -0.3 is 9.47 Å². The average molecular weight is 356 g/mol. The van der Waals surface area contributed by atoms with Crippen molar-refractivity contribution in [3.8, 4) is 0 Å². The summed E-state index contributed by atoms with van der Waals surface area (Å²) in [5.41, 5.74) is -2.24. The Bertz CT molecular complexity index is 712. The maximum Gasteiger partial charge on any atom is 0.509 e. The van der Waals surface area contributed by atoms with Crippen LogP contribution in [-0.2, 0) is 38.1 Å². The summed E-state index contributed by atoms with van der Waals surface area (Å²) in [5.74, 6) is -1.38. The summed E-state index contributed by atoms with van der Waals surface area (Å²) in [7, 11) is -7.54. The Balaban J connectivity index is 1.96. The van der Waals surface area contributed by atoms with Gasteiger partial charge in [-0.2, -0.15) is 16.8 Å². The smallest absolute Gasteiger partial charge is 0.430 e. The van der Waals surface area contributed by atoms with E-state index < -0.39 is 49.4 Å². The molecular formula is C11H16O9S2. The van der Waals surface area contributed by atoms with Crippen molar-refractivity contribution >= 4 is 26.4 Å². The Labute approximate surface area is 128 Å². The molecule has 0 aromatic carbocycles. The van der Waals surface area contributed by atoms with E-state index in [0.29, 0.717) is 0 Å². The zero-order valence-electron chi connectivity index (χ0n) is 12.0. The average Bonchev–Trinajstić information content (AvgIpc) is 2.96. The van der Waals surface area contributed by atoms with E-state index in [1.807, 2.05) is 0 Å². The summed E-state index contributed by atoms with van der Waals surface area (Å²) in [6, 6.07) is 0. The first-order valence-electron chi connectivity index (χ1n) is 6.59. The van der Waals surface area contributed by atoms with Crippen molar-refractivity contribution in [2.75, 3.05) is 24.7 Å². The van der Waals surface area contributed by atoms with E-state index in [1.165, 1.54) is 6.92 Å². The zero-order valence-corrected chi connectivity index (χ0v) is 13.6. The molecule has 3 aliphatic rings. The van der Waals surface area contributed by atoms with Crippen LogP contribution in [0.3, 0.4) is 0 Å². The molecule has 3 aliphatic heterocycles. The van der Waals surface area contributed by atoms with Gasteiger partial charge in [0.05, 0.1) is 18.1 Å². The highest BCUT2D eigenvalue weighted by Crippen LogP contribution is 2.47. The molecule has 0 N–H and O–H groups in total. The third-order valence-electron chi connectivity index (χ3n) is 4.36. The van der Waals surface area contributed by atoms with Crippen LogP contribution in [0.1, 0.15) is 13.8 Å². The van der Waals surface area contributed by atoms with Gasteiger partial charge >= 0.3 is 6.16 Å². The van der Waals surface area contributed by atoms with Crippen LogP contribution in [0.25, 0.3) is 0 Å². The molecule has 126 valence electrons. The number of cyclic esters (lactones) is 2. The molecule has 4 unspecified atom stereocenters. The van der Waals surface area contributed by atoms with Gasteiger partial charge in [0.2, 0.25) is 0 Å². The Morgan fingerprint density at radius 3 is 2.27 bits per heavy atom. The topological polar surface area (TPSA) is 122 Å². The van der Waals surface area contributed by atoms with Gasteiger partial charge in [0, 0.05) is 11.3 Å². The van der Waals surface area contributed by atoms with E-state index in [0.717, 1.165) is 0 Å². The van der Waals surface area contributed by atoms with Gasteiger partial charge in [0.25, 0.3) is 20.2 Å². The Hall–Kier alpha value is -0.910. The van der Waals surface area contributed by atoms with Crippen molar-refractivity contribution in [1.82, 2.24) is 0 Å². The summed E-state index contributed by atoms with van der Waals surface area (Å²) >= 11 is 0. The lowest BCUT2D eigenvalue weighted by atomic mass is 9.73. The molecule has 0 radical (unpaired) electrons. The van der Waals surface area contributed by atoms with Crippen molar-refractivity contribution in [3.63, 3.8) is 0 Å². The number of hydrogen-bond acceptors (Lipinski definition) is 9. The fraction of sp³-hybridized carbons (Fsp3) is 0.909. The molecule has 0 aromatic rings. The third-order valence-corrected chi connectivity index (χ3v) is 7.12. The second-order valence-corrected chi connectivity index (χ2v) is 9.70. The second kappa shape index (κ2) is 4.56. The van der Waals surface area contributed by atoms with Gasteiger partial charge in [-0.1, -0.05) is 6.92 Å². The number of hydrogen-bond donors (Lipinski definition) is 0. The maximum absolute atomic E-state index is 11.9. The molecule has 3 heterocycles. The van der Waals surface area contributed by atoms with Crippen LogP contribution in [0.15, 0.2) is 0 Å². The molecule has 3 fully saturated rings. The third kappa shape index (κ3) is 2.59. The lowest BCUT2D eigenvalue weighted by Gasteiger charge is -2.36. The summed E-state index contributed by atoms with van der Waals surface area (Å²) in [6.07, 6.45) is -1.93. The number of carbonyl (C=O) groups excluding carboxylic acids is 1. The molecule has 0 spiro atoms. The molecule has 0 amide bonds. The Morgan fingerprint density at radius 1 is 1.09 bits per heavy atom. The standard InChI is InChI=1S/C11H16O9S2/c1-10(4-18-22(15,16)6-10)7-3-21(13,14)20-8(7)11(2)5-17-9(12)19-11/h7-8H,3-6H2,1-2H3. The highest BCUT2D eigenvalue weighted by molar-refractivity contribution is 7.87. The van der Waals surface area contributed by atoms with E-state index in [9.17, 15) is 21.6 Å². The van der Waals surface area contributed by atoms with Crippen molar-refractivity contribution in [2.24, 2.45) is 11.3 Å². The van der Waals surface area contributed by atoms with Crippen LogP contribution < -0.4 is 0 Å². The first-order chi connectivity index (χ1) is 9.95. The van der Waals surface area contributed by atoms with E-state index in [2.05, 4.69) is 0 Å². The first-order valence-corrected chi connectivity index (χ1v) is 9.74. The first kappa shape index (κ1) is 16.0. The van der Waals surface area contributed by atoms with Crippen molar-refractivity contribution < 1.29 is 39.5 Å². The highest BCUT2D eigenvalue weighted by Gasteiger charge is 2.62. The van der Waals surface area contributed by atoms with Crippen LogP contribution in [0.4, 0.5) is 4.79 Å². The fourth-order valence-corrected chi connectivity index (χ4v) is 6.57. The molecule has 0 saturated carbocycles. The summed E-state index contributed by atoms with van der Waals surface area (Å²) < 4.78 is 66.7. The van der Waals surface area contributed by atoms with Crippen molar-refractivity contribution in [2.45, 2.75) is 25.6 Å². The lowest BCUT2D eigenvalue weighted by Crippen LogP contribution is -2.51. The molecule has 11 heteroatoms. The van der Waals surface area contributed by atoms with Gasteiger partial charge in [-0.05, 0) is 6.92 Å². The largest absolute Gasteiger partial charge is 0.509 e.